The second-order valence-electron chi connectivity index (χ2n) is 5.83. The molecule has 0 aliphatic heterocycles. The van der Waals surface area contributed by atoms with Gasteiger partial charge in [-0.2, -0.15) is 0 Å². The Morgan fingerprint density at radius 3 is 2.48 bits per heavy atom. The Morgan fingerprint density at radius 2 is 1.90 bits per heavy atom. The Hall–Kier alpha value is -1.88. The van der Waals surface area contributed by atoms with Crippen molar-refractivity contribution in [2.75, 3.05) is 18.9 Å². The van der Waals surface area contributed by atoms with Crippen molar-refractivity contribution in [2.45, 2.75) is 39.8 Å². The number of hydrogen-bond acceptors (Lipinski definition) is 2. The molecule has 0 aliphatic rings. The van der Waals surface area contributed by atoms with Gasteiger partial charge in [0.2, 0.25) is 0 Å². The highest BCUT2D eigenvalue weighted by Gasteiger charge is 2.24. The van der Waals surface area contributed by atoms with Crippen LogP contribution in [0.1, 0.15) is 26.3 Å². The van der Waals surface area contributed by atoms with Gasteiger partial charge in [0.15, 0.2) is 12.6 Å². The summed E-state index contributed by atoms with van der Waals surface area (Å²) in [6.07, 6.45) is 0. The highest BCUT2D eigenvalue weighted by Crippen LogP contribution is 2.09. The predicted octanol–water partition coefficient (Wildman–Crippen LogP) is 0.361. The van der Waals surface area contributed by atoms with Crippen molar-refractivity contribution in [1.29, 1.82) is 0 Å². The summed E-state index contributed by atoms with van der Waals surface area (Å²) in [4.78, 5) is 24.8. The number of rotatable bonds is 6. The Labute approximate surface area is 126 Å². The molecule has 2 atom stereocenters. The molecule has 0 radical (unpaired) electrons. The average molecular weight is 292 g/mol. The minimum atomic E-state index is -0.302. The van der Waals surface area contributed by atoms with E-state index in [0.717, 1.165) is 16.2 Å². The third kappa shape index (κ3) is 5.95. The molecular formula is C16H26N3O2+. The number of anilines is 1. The van der Waals surface area contributed by atoms with E-state index < -0.39 is 0 Å². The predicted molar refractivity (Wildman–Crippen MR) is 84.3 cm³/mol. The summed E-state index contributed by atoms with van der Waals surface area (Å²) < 4.78 is 0. The van der Waals surface area contributed by atoms with Gasteiger partial charge in [-0.05, 0) is 45.4 Å². The van der Waals surface area contributed by atoms with Gasteiger partial charge in [0.25, 0.3) is 11.8 Å². The van der Waals surface area contributed by atoms with E-state index in [4.69, 9.17) is 0 Å². The third-order valence-corrected chi connectivity index (χ3v) is 3.31. The summed E-state index contributed by atoms with van der Waals surface area (Å²) in [7, 11) is 1.85. The molecule has 116 valence electrons. The lowest BCUT2D eigenvalue weighted by Crippen LogP contribution is -3.15. The third-order valence-electron chi connectivity index (χ3n) is 3.31. The van der Waals surface area contributed by atoms with Gasteiger partial charge in [0, 0.05) is 11.7 Å². The van der Waals surface area contributed by atoms with E-state index >= 15 is 0 Å². The first-order valence-corrected chi connectivity index (χ1v) is 7.28. The van der Waals surface area contributed by atoms with Crippen LogP contribution in [0.15, 0.2) is 24.3 Å². The van der Waals surface area contributed by atoms with Crippen LogP contribution < -0.4 is 15.5 Å². The zero-order valence-corrected chi connectivity index (χ0v) is 13.5. The molecule has 21 heavy (non-hydrogen) atoms. The molecule has 0 saturated heterocycles. The topological polar surface area (TPSA) is 62.6 Å². The smallest absolute Gasteiger partial charge is 0.282 e. The van der Waals surface area contributed by atoms with Crippen molar-refractivity contribution in [3.63, 3.8) is 0 Å². The van der Waals surface area contributed by atoms with Gasteiger partial charge in [-0.3, -0.25) is 9.59 Å². The van der Waals surface area contributed by atoms with Gasteiger partial charge in [0.05, 0.1) is 7.05 Å². The number of nitrogens with one attached hydrogen (secondary N) is 3. The monoisotopic (exact) mass is 292 g/mol. The molecule has 0 aliphatic carbocycles. The maximum Gasteiger partial charge on any atom is 0.282 e. The van der Waals surface area contributed by atoms with E-state index in [1.165, 1.54) is 0 Å². The summed E-state index contributed by atoms with van der Waals surface area (Å²) in [6.45, 7) is 7.92. The number of aryl methyl sites for hydroxylation is 1. The SMILES string of the molecule is Cc1cccc(NC(=O)[C@H](C)[NH+](C)CC(=O)NC(C)C)c1. The van der Waals surface area contributed by atoms with Gasteiger partial charge < -0.3 is 15.5 Å². The molecule has 0 bridgehead atoms. The molecule has 5 heteroatoms. The minimum Gasteiger partial charge on any atom is -0.349 e. The Balaban J connectivity index is 2.55. The number of benzene rings is 1. The van der Waals surface area contributed by atoms with Gasteiger partial charge >= 0.3 is 0 Å². The summed E-state index contributed by atoms with van der Waals surface area (Å²) in [5, 5.41) is 5.72. The van der Waals surface area contributed by atoms with Crippen LogP contribution >= 0.6 is 0 Å². The van der Waals surface area contributed by atoms with Gasteiger partial charge in [-0.1, -0.05) is 12.1 Å². The minimum absolute atomic E-state index is 0.0438. The standard InChI is InChI=1S/C16H25N3O2/c1-11(2)17-15(20)10-19(5)13(4)16(21)18-14-8-6-7-12(3)9-14/h6-9,11,13H,10H2,1-5H3,(H,17,20)(H,18,21)/p+1/t13-/m0/s1. The molecule has 0 saturated carbocycles. The molecule has 0 heterocycles. The molecule has 0 aromatic heterocycles. The van der Waals surface area contributed by atoms with Crippen molar-refractivity contribution in [1.82, 2.24) is 5.32 Å². The second kappa shape index (κ2) is 7.78. The normalized spacial score (nSPS) is 13.6. The van der Waals surface area contributed by atoms with Crippen LogP contribution in [0.2, 0.25) is 0 Å². The molecule has 1 aromatic carbocycles. The number of carbonyl (C=O) groups is 2. The van der Waals surface area contributed by atoms with Crippen LogP contribution in [0.25, 0.3) is 0 Å². The molecular weight excluding hydrogens is 266 g/mol. The van der Waals surface area contributed by atoms with Gasteiger partial charge in [-0.15, -0.1) is 0 Å². The molecule has 1 rings (SSSR count). The molecule has 1 unspecified atom stereocenters. The average Bonchev–Trinajstić information content (AvgIpc) is 2.36. The van der Waals surface area contributed by atoms with Crippen LogP contribution in [-0.2, 0) is 9.59 Å². The van der Waals surface area contributed by atoms with Crippen molar-refractivity contribution in [3.8, 4) is 0 Å². The summed E-state index contributed by atoms with van der Waals surface area (Å²) >= 11 is 0. The maximum atomic E-state index is 12.2. The van der Waals surface area contributed by atoms with E-state index in [-0.39, 0.29) is 30.4 Å². The molecule has 0 spiro atoms. The van der Waals surface area contributed by atoms with Crippen LogP contribution in [0.4, 0.5) is 5.69 Å². The number of carbonyl (C=O) groups excluding carboxylic acids is 2. The molecule has 3 N–H and O–H groups in total. The fourth-order valence-corrected chi connectivity index (χ4v) is 1.98. The van der Waals surface area contributed by atoms with Crippen LogP contribution in [0.3, 0.4) is 0 Å². The lowest BCUT2D eigenvalue weighted by atomic mass is 10.2. The quantitative estimate of drug-likeness (QED) is 0.709. The maximum absolute atomic E-state index is 12.2. The zero-order valence-electron chi connectivity index (χ0n) is 13.5. The van der Waals surface area contributed by atoms with Crippen LogP contribution in [-0.4, -0.2) is 37.5 Å². The highest BCUT2D eigenvalue weighted by molar-refractivity contribution is 5.93. The second-order valence-corrected chi connectivity index (χ2v) is 5.83. The first kappa shape index (κ1) is 17.2. The fraction of sp³-hybridized carbons (Fsp3) is 0.500. The van der Waals surface area contributed by atoms with Crippen LogP contribution in [0, 0.1) is 6.92 Å². The van der Waals surface area contributed by atoms with E-state index in [1.54, 1.807) is 0 Å². The lowest BCUT2D eigenvalue weighted by molar-refractivity contribution is -0.885. The van der Waals surface area contributed by atoms with E-state index in [1.807, 2.05) is 59.0 Å². The van der Waals surface area contributed by atoms with E-state index in [2.05, 4.69) is 10.6 Å². The van der Waals surface area contributed by atoms with E-state index in [9.17, 15) is 9.59 Å². The number of hydrogen-bond donors (Lipinski definition) is 3. The Bertz CT molecular complexity index is 500. The van der Waals surface area contributed by atoms with E-state index in [0.29, 0.717) is 0 Å². The summed E-state index contributed by atoms with van der Waals surface area (Å²) in [6, 6.07) is 7.48. The molecule has 0 fully saturated rings. The van der Waals surface area contributed by atoms with Crippen LogP contribution in [0.5, 0.6) is 0 Å². The number of amides is 2. The molecule has 5 nitrogen and oxygen atoms in total. The van der Waals surface area contributed by atoms with Gasteiger partial charge in [0.1, 0.15) is 0 Å². The number of quaternary nitrogens is 1. The van der Waals surface area contributed by atoms with Crippen molar-refractivity contribution in [2.24, 2.45) is 0 Å². The van der Waals surface area contributed by atoms with Crippen molar-refractivity contribution < 1.29 is 14.5 Å². The largest absolute Gasteiger partial charge is 0.349 e. The van der Waals surface area contributed by atoms with Gasteiger partial charge in [-0.25, -0.2) is 0 Å². The zero-order chi connectivity index (χ0) is 16.0. The summed E-state index contributed by atoms with van der Waals surface area (Å²) in [5.41, 5.74) is 1.88. The fourth-order valence-electron chi connectivity index (χ4n) is 1.98. The summed E-state index contributed by atoms with van der Waals surface area (Å²) in [5.74, 6) is -0.131. The Morgan fingerprint density at radius 1 is 1.24 bits per heavy atom. The first-order chi connectivity index (χ1) is 9.79. The highest BCUT2D eigenvalue weighted by atomic mass is 16.2. The number of likely N-dealkylation sites (N-methyl/N-ethyl adjacent to an activating group) is 1. The lowest BCUT2D eigenvalue weighted by Gasteiger charge is -2.21. The van der Waals surface area contributed by atoms with Crippen molar-refractivity contribution in [3.05, 3.63) is 29.8 Å². The molecule has 1 aromatic rings. The Kier molecular flexibility index (Phi) is 6.37. The first-order valence-electron chi connectivity index (χ1n) is 7.28. The molecule has 2 amide bonds. The van der Waals surface area contributed by atoms with Crippen molar-refractivity contribution >= 4 is 17.5 Å².